The van der Waals surface area contributed by atoms with Gasteiger partial charge in [-0.3, -0.25) is 0 Å². The Labute approximate surface area is 176 Å². The van der Waals surface area contributed by atoms with Gasteiger partial charge in [-0.25, -0.2) is 0 Å². The molecule has 0 saturated heterocycles. The zero-order chi connectivity index (χ0) is 21.5. The van der Waals surface area contributed by atoms with Gasteiger partial charge in [0.15, 0.2) is 11.5 Å². The van der Waals surface area contributed by atoms with Crippen LogP contribution in [-0.4, -0.2) is 10.2 Å². The summed E-state index contributed by atoms with van der Waals surface area (Å²) in [6.45, 7) is 2.19. The minimum absolute atomic E-state index is 0.000758. The molecule has 3 rings (SSSR count). The second-order valence-electron chi connectivity index (χ2n) is 7.24. The standard InChI is InChI=1S/C24H28N2O4/c1-2-3-4-5-6-16-7-12-23(29-17-8-10-21(27)19(25)14-17)24(13-16)30-18-9-11-22(28)20(26)15-18/h7-15,27-28H,2-6,25-26H2,1H3. The molecule has 0 aliphatic heterocycles. The van der Waals surface area contributed by atoms with Crippen molar-refractivity contribution >= 4 is 11.4 Å². The maximum absolute atomic E-state index is 9.66. The SMILES string of the molecule is CCCCCCc1ccc(Oc2ccc(O)c(N)c2)c(Oc2ccc(O)c(N)c2)c1. The van der Waals surface area contributed by atoms with Gasteiger partial charge in [-0.2, -0.15) is 0 Å². The fraction of sp³-hybridized carbons (Fsp3) is 0.250. The van der Waals surface area contributed by atoms with Crippen molar-refractivity contribution in [2.75, 3.05) is 11.5 Å². The van der Waals surface area contributed by atoms with Crippen molar-refractivity contribution in [2.24, 2.45) is 0 Å². The van der Waals surface area contributed by atoms with Crippen molar-refractivity contribution in [3.8, 4) is 34.5 Å². The van der Waals surface area contributed by atoms with Gasteiger partial charge in [0.05, 0.1) is 11.4 Å². The summed E-state index contributed by atoms with van der Waals surface area (Å²) in [5.74, 6) is 2.01. The predicted octanol–water partition coefficient (Wildman–Crippen LogP) is 5.97. The Balaban J connectivity index is 1.87. The van der Waals surface area contributed by atoms with Crippen LogP contribution < -0.4 is 20.9 Å². The van der Waals surface area contributed by atoms with Crippen LogP contribution in [-0.2, 0) is 6.42 Å². The van der Waals surface area contributed by atoms with Crippen LogP contribution in [0.2, 0.25) is 0 Å². The molecule has 0 radical (unpaired) electrons. The number of phenols is 2. The van der Waals surface area contributed by atoms with Crippen LogP contribution in [0.1, 0.15) is 38.2 Å². The van der Waals surface area contributed by atoms with Crippen molar-refractivity contribution in [3.63, 3.8) is 0 Å². The lowest BCUT2D eigenvalue weighted by Crippen LogP contribution is -1.95. The van der Waals surface area contributed by atoms with Crippen LogP contribution >= 0.6 is 0 Å². The molecule has 0 aliphatic rings. The lowest BCUT2D eigenvalue weighted by Gasteiger charge is -2.15. The first-order valence-corrected chi connectivity index (χ1v) is 10.1. The number of aryl methyl sites for hydroxylation is 1. The first kappa shape index (κ1) is 21.2. The Morgan fingerprint density at radius 2 is 1.30 bits per heavy atom. The molecule has 0 saturated carbocycles. The van der Waals surface area contributed by atoms with Crippen LogP contribution in [0.3, 0.4) is 0 Å². The minimum atomic E-state index is 0.000758. The highest BCUT2D eigenvalue weighted by Gasteiger charge is 2.12. The average molecular weight is 408 g/mol. The molecule has 158 valence electrons. The van der Waals surface area contributed by atoms with E-state index in [-0.39, 0.29) is 22.9 Å². The maximum Gasteiger partial charge on any atom is 0.170 e. The molecule has 3 aromatic carbocycles. The second kappa shape index (κ2) is 9.78. The third-order valence-corrected chi connectivity index (χ3v) is 4.78. The number of nitrogens with two attached hydrogens (primary N) is 2. The molecule has 0 spiro atoms. The molecule has 0 heterocycles. The van der Waals surface area contributed by atoms with Gasteiger partial charge < -0.3 is 31.2 Å². The molecule has 0 fully saturated rings. The molecule has 0 bridgehead atoms. The van der Waals surface area contributed by atoms with Crippen LogP contribution in [0.25, 0.3) is 0 Å². The van der Waals surface area contributed by atoms with Gasteiger partial charge in [0.25, 0.3) is 0 Å². The molecule has 0 amide bonds. The third kappa shape index (κ3) is 5.50. The molecule has 0 aliphatic carbocycles. The molecule has 3 aromatic rings. The van der Waals surface area contributed by atoms with Crippen molar-refractivity contribution < 1.29 is 19.7 Å². The Kier molecular flexibility index (Phi) is 6.91. The monoisotopic (exact) mass is 408 g/mol. The number of phenolic OH excluding ortho intramolecular Hbond substituents is 2. The van der Waals surface area contributed by atoms with E-state index in [0.717, 1.165) is 18.4 Å². The van der Waals surface area contributed by atoms with Crippen molar-refractivity contribution in [1.29, 1.82) is 0 Å². The second-order valence-corrected chi connectivity index (χ2v) is 7.24. The number of nitrogen functional groups attached to an aromatic ring is 2. The molecule has 6 heteroatoms. The Morgan fingerprint density at radius 1 is 0.700 bits per heavy atom. The third-order valence-electron chi connectivity index (χ3n) is 4.78. The smallest absolute Gasteiger partial charge is 0.170 e. The summed E-state index contributed by atoms with van der Waals surface area (Å²) in [5.41, 5.74) is 13.2. The van der Waals surface area contributed by atoms with E-state index in [1.54, 1.807) is 24.3 Å². The fourth-order valence-corrected chi connectivity index (χ4v) is 3.07. The fourth-order valence-electron chi connectivity index (χ4n) is 3.07. The van der Waals surface area contributed by atoms with E-state index in [0.29, 0.717) is 23.0 Å². The van der Waals surface area contributed by atoms with Gasteiger partial charge >= 0.3 is 0 Å². The first-order chi connectivity index (χ1) is 14.5. The van der Waals surface area contributed by atoms with Crippen LogP contribution in [0.15, 0.2) is 54.6 Å². The van der Waals surface area contributed by atoms with Crippen LogP contribution in [0.5, 0.6) is 34.5 Å². The summed E-state index contributed by atoms with van der Waals surface area (Å²) < 4.78 is 12.0. The highest BCUT2D eigenvalue weighted by atomic mass is 16.5. The van der Waals surface area contributed by atoms with Gasteiger partial charge in [0.1, 0.15) is 23.0 Å². The summed E-state index contributed by atoms with van der Waals surface area (Å²) in [6, 6.07) is 15.2. The van der Waals surface area contributed by atoms with Crippen LogP contribution in [0.4, 0.5) is 11.4 Å². The Bertz CT molecular complexity index is 1000. The molecule has 0 aromatic heterocycles. The summed E-state index contributed by atoms with van der Waals surface area (Å²) in [4.78, 5) is 0. The largest absolute Gasteiger partial charge is 0.506 e. The molecule has 6 N–H and O–H groups in total. The number of hydrogen-bond donors (Lipinski definition) is 4. The molecule has 0 unspecified atom stereocenters. The van der Waals surface area contributed by atoms with Crippen molar-refractivity contribution in [1.82, 2.24) is 0 Å². The van der Waals surface area contributed by atoms with E-state index in [4.69, 9.17) is 20.9 Å². The molecule has 0 atom stereocenters. The van der Waals surface area contributed by atoms with E-state index >= 15 is 0 Å². The molecular formula is C24H28N2O4. The maximum atomic E-state index is 9.66. The van der Waals surface area contributed by atoms with Gasteiger partial charge in [0, 0.05) is 12.1 Å². The minimum Gasteiger partial charge on any atom is -0.506 e. The van der Waals surface area contributed by atoms with E-state index in [9.17, 15) is 10.2 Å². The molecular weight excluding hydrogens is 380 g/mol. The number of anilines is 2. The number of unbranched alkanes of at least 4 members (excludes halogenated alkanes) is 3. The zero-order valence-corrected chi connectivity index (χ0v) is 17.1. The summed E-state index contributed by atoms with van der Waals surface area (Å²) >= 11 is 0. The number of aromatic hydroxyl groups is 2. The topological polar surface area (TPSA) is 111 Å². The number of hydrogen-bond acceptors (Lipinski definition) is 6. The number of rotatable bonds is 9. The zero-order valence-electron chi connectivity index (χ0n) is 17.1. The summed E-state index contributed by atoms with van der Waals surface area (Å²) in [7, 11) is 0. The van der Waals surface area contributed by atoms with Crippen molar-refractivity contribution in [3.05, 3.63) is 60.2 Å². The predicted molar refractivity (Wildman–Crippen MR) is 119 cm³/mol. The lowest BCUT2D eigenvalue weighted by atomic mass is 10.1. The molecule has 30 heavy (non-hydrogen) atoms. The quantitative estimate of drug-likeness (QED) is 0.197. The first-order valence-electron chi connectivity index (χ1n) is 10.1. The van der Waals surface area contributed by atoms with E-state index in [1.807, 2.05) is 18.2 Å². The lowest BCUT2D eigenvalue weighted by molar-refractivity contribution is 0.416. The average Bonchev–Trinajstić information content (AvgIpc) is 2.72. The normalized spacial score (nSPS) is 10.7. The van der Waals surface area contributed by atoms with Gasteiger partial charge in [-0.05, 0) is 54.8 Å². The van der Waals surface area contributed by atoms with E-state index < -0.39 is 0 Å². The summed E-state index contributed by atoms with van der Waals surface area (Å²) in [6.07, 6.45) is 5.65. The van der Waals surface area contributed by atoms with E-state index in [2.05, 4.69) is 6.92 Å². The molecule has 6 nitrogen and oxygen atoms in total. The van der Waals surface area contributed by atoms with Crippen molar-refractivity contribution in [2.45, 2.75) is 39.0 Å². The highest BCUT2D eigenvalue weighted by Crippen LogP contribution is 2.38. The Hall–Kier alpha value is -3.54. The number of ether oxygens (including phenoxy) is 2. The van der Waals surface area contributed by atoms with Crippen LogP contribution in [0, 0.1) is 0 Å². The van der Waals surface area contributed by atoms with Gasteiger partial charge in [0.2, 0.25) is 0 Å². The summed E-state index contributed by atoms with van der Waals surface area (Å²) in [5, 5.41) is 19.3. The highest BCUT2D eigenvalue weighted by molar-refractivity contribution is 5.58. The van der Waals surface area contributed by atoms with E-state index in [1.165, 1.54) is 31.4 Å². The Morgan fingerprint density at radius 3 is 1.87 bits per heavy atom. The van der Waals surface area contributed by atoms with Gasteiger partial charge in [-0.1, -0.05) is 32.3 Å². The van der Waals surface area contributed by atoms with Gasteiger partial charge in [-0.15, -0.1) is 0 Å². The number of benzene rings is 3.